The number of rotatable bonds is 5. The van der Waals surface area contributed by atoms with Gasteiger partial charge in [0.2, 0.25) is 0 Å². The first-order valence-corrected chi connectivity index (χ1v) is 17.9. The molecule has 0 N–H and O–H groups in total. The summed E-state index contributed by atoms with van der Waals surface area (Å²) in [6.07, 6.45) is 6.62. The number of benzene rings is 5. The molecule has 4 atom stereocenters. The minimum absolute atomic E-state index is 0.277. The van der Waals surface area contributed by atoms with Crippen LogP contribution in [-0.4, -0.2) is 19.5 Å². The van der Waals surface area contributed by atoms with Crippen LogP contribution in [0.5, 0.6) is 0 Å². The summed E-state index contributed by atoms with van der Waals surface area (Å²) < 4.78 is 2.23. The van der Waals surface area contributed by atoms with Gasteiger partial charge in [-0.1, -0.05) is 105 Å². The summed E-state index contributed by atoms with van der Waals surface area (Å²) in [6.45, 7) is 4.89. The van der Waals surface area contributed by atoms with Crippen LogP contribution in [-0.2, 0) is 5.41 Å². The summed E-state index contributed by atoms with van der Waals surface area (Å²) in [4.78, 5) is 15.2. The first-order valence-electron chi connectivity index (χ1n) is 17.9. The van der Waals surface area contributed by atoms with Gasteiger partial charge in [0.15, 0.2) is 17.5 Å². The SMILES string of the molecule is C[C@@H]1C[C@@H]2C[C@H](C)CC(c3ccc(-c4nc(-c5ccccc5)nc(-c5cccc(-n6c7ccccc7c7ccc(C#N)cc76)c5)n4)cc3)(C1)C2. The van der Waals surface area contributed by atoms with Gasteiger partial charge in [-0.2, -0.15) is 5.26 Å². The number of hydrogen-bond acceptors (Lipinski definition) is 4. The van der Waals surface area contributed by atoms with Gasteiger partial charge in [-0.25, -0.2) is 15.0 Å². The van der Waals surface area contributed by atoms with E-state index >= 15 is 0 Å². The molecule has 2 heterocycles. The Morgan fingerprint density at radius 2 is 1.22 bits per heavy atom. The number of para-hydroxylation sites is 1. The lowest BCUT2D eigenvalue weighted by molar-refractivity contribution is 0.0780. The highest BCUT2D eigenvalue weighted by atomic mass is 15.0. The van der Waals surface area contributed by atoms with Crippen molar-refractivity contribution in [1.29, 1.82) is 5.26 Å². The van der Waals surface area contributed by atoms with E-state index in [4.69, 9.17) is 15.0 Å². The Bertz CT molecular complexity index is 2400. The second-order valence-electron chi connectivity index (χ2n) is 14.9. The molecule has 0 amide bonds. The van der Waals surface area contributed by atoms with Crippen molar-refractivity contribution in [3.8, 4) is 45.9 Å². The van der Waals surface area contributed by atoms with Crippen molar-refractivity contribution in [1.82, 2.24) is 19.5 Å². The van der Waals surface area contributed by atoms with Crippen molar-refractivity contribution in [2.75, 3.05) is 0 Å². The molecule has 9 rings (SSSR count). The molecule has 244 valence electrons. The molecule has 2 aliphatic rings. The molecule has 0 saturated heterocycles. The zero-order chi connectivity index (χ0) is 33.8. The first kappa shape index (κ1) is 30.5. The molecule has 2 fully saturated rings. The van der Waals surface area contributed by atoms with E-state index in [2.05, 4.69) is 109 Å². The number of aromatic nitrogens is 4. The van der Waals surface area contributed by atoms with Gasteiger partial charge in [0, 0.05) is 33.2 Å². The topological polar surface area (TPSA) is 67.4 Å². The Hall–Kier alpha value is -5.60. The fraction of sp³-hybridized carbons (Fsp3) is 0.244. The predicted molar refractivity (Wildman–Crippen MR) is 202 cm³/mol. The van der Waals surface area contributed by atoms with E-state index in [0.717, 1.165) is 61.9 Å². The lowest BCUT2D eigenvalue weighted by atomic mass is 9.54. The fourth-order valence-corrected chi connectivity index (χ4v) is 9.48. The first-order chi connectivity index (χ1) is 24.5. The van der Waals surface area contributed by atoms with Crippen molar-refractivity contribution in [2.45, 2.75) is 51.4 Å². The number of nitrogens with zero attached hydrogens (tertiary/aromatic N) is 5. The summed E-state index contributed by atoms with van der Waals surface area (Å²) >= 11 is 0. The number of hydrogen-bond donors (Lipinski definition) is 0. The minimum Gasteiger partial charge on any atom is -0.309 e. The highest BCUT2D eigenvalue weighted by Crippen LogP contribution is 2.54. The standard InChI is InChI=1S/C45H39N5/c1-29-21-32-22-30(2)26-45(25-29,27-32)36-18-16-34(17-19-36)43-47-42(33-9-4-3-5-10-33)48-44(49-43)35-11-8-12-37(24-35)50-40-14-7-6-13-38(40)39-20-15-31(28-46)23-41(39)50/h3-20,23-24,29-30,32H,21-22,25-27H2,1-2H3/t29-,30+,32-,45?. The van der Waals surface area contributed by atoms with E-state index in [-0.39, 0.29) is 5.41 Å². The fourth-order valence-electron chi connectivity index (χ4n) is 9.48. The second-order valence-corrected chi connectivity index (χ2v) is 14.9. The van der Waals surface area contributed by atoms with Crippen LogP contribution in [0.15, 0.2) is 121 Å². The van der Waals surface area contributed by atoms with Gasteiger partial charge in [0.25, 0.3) is 0 Å². The van der Waals surface area contributed by atoms with Gasteiger partial charge < -0.3 is 4.57 Å². The molecule has 0 spiro atoms. The van der Waals surface area contributed by atoms with Gasteiger partial charge in [-0.15, -0.1) is 0 Å². The normalized spacial score (nSPS) is 21.7. The van der Waals surface area contributed by atoms with Crippen molar-refractivity contribution in [3.63, 3.8) is 0 Å². The Balaban J connectivity index is 1.16. The summed E-state index contributed by atoms with van der Waals surface area (Å²) in [6, 6.07) is 44.3. The third kappa shape index (κ3) is 5.27. The quantitative estimate of drug-likeness (QED) is 0.186. The maximum Gasteiger partial charge on any atom is 0.164 e. The average molecular weight is 650 g/mol. The van der Waals surface area contributed by atoms with Gasteiger partial charge in [0.1, 0.15) is 0 Å². The third-order valence-corrected chi connectivity index (χ3v) is 11.2. The van der Waals surface area contributed by atoms with Crippen LogP contribution in [0.25, 0.3) is 61.7 Å². The van der Waals surface area contributed by atoms with E-state index in [0.29, 0.717) is 23.0 Å². The predicted octanol–water partition coefficient (Wildman–Crippen LogP) is 10.9. The van der Waals surface area contributed by atoms with Crippen LogP contribution in [0.2, 0.25) is 0 Å². The Labute approximate surface area is 293 Å². The molecular weight excluding hydrogens is 611 g/mol. The zero-order valence-corrected chi connectivity index (χ0v) is 28.6. The molecule has 2 saturated carbocycles. The molecule has 2 aromatic heterocycles. The lowest BCUT2D eigenvalue weighted by Gasteiger charge is -2.50. The van der Waals surface area contributed by atoms with Gasteiger partial charge in [-0.3, -0.25) is 0 Å². The highest BCUT2D eigenvalue weighted by Gasteiger charge is 2.45. The van der Waals surface area contributed by atoms with Crippen LogP contribution < -0.4 is 0 Å². The van der Waals surface area contributed by atoms with E-state index in [1.807, 2.05) is 36.4 Å². The van der Waals surface area contributed by atoms with Gasteiger partial charge >= 0.3 is 0 Å². The zero-order valence-electron chi connectivity index (χ0n) is 28.6. The molecule has 50 heavy (non-hydrogen) atoms. The number of fused-ring (bicyclic) bond motifs is 5. The summed E-state index contributed by atoms with van der Waals surface area (Å²) in [5.41, 5.74) is 8.30. The molecule has 2 aliphatic carbocycles. The molecular formula is C45H39N5. The van der Waals surface area contributed by atoms with Crippen LogP contribution in [0, 0.1) is 29.1 Å². The maximum absolute atomic E-state index is 9.73. The van der Waals surface area contributed by atoms with E-state index in [1.54, 1.807) is 0 Å². The monoisotopic (exact) mass is 649 g/mol. The van der Waals surface area contributed by atoms with Crippen molar-refractivity contribution in [3.05, 3.63) is 132 Å². The van der Waals surface area contributed by atoms with E-state index in [1.165, 1.54) is 37.7 Å². The Morgan fingerprint density at radius 1 is 0.600 bits per heavy atom. The van der Waals surface area contributed by atoms with Gasteiger partial charge in [-0.05, 0) is 91.2 Å². The Kier molecular flexibility index (Phi) is 7.35. The molecule has 5 heteroatoms. The van der Waals surface area contributed by atoms with Crippen molar-refractivity contribution in [2.24, 2.45) is 17.8 Å². The average Bonchev–Trinajstić information content (AvgIpc) is 3.48. The third-order valence-electron chi connectivity index (χ3n) is 11.2. The largest absolute Gasteiger partial charge is 0.309 e. The highest BCUT2D eigenvalue weighted by molar-refractivity contribution is 6.09. The molecule has 0 aliphatic heterocycles. The van der Waals surface area contributed by atoms with E-state index in [9.17, 15) is 5.26 Å². The summed E-state index contributed by atoms with van der Waals surface area (Å²) in [5.74, 6) is 4.33. The van der Waals surface area contributed by atoms with Crippen molar-refractivity contribution < 1.29 is 0 Å². The maximum atomic E-state index is 9.73. The van der Waals surface area contributed by atoms with E-state index < -0.39 is 0 Å². The second kappa shape index (κ2) is 12.1. The van der Waals surface area contributed by atoms with Crippen LogP contribution >= 0.6 is 0 Å². The summed E-state index contributed by atoms with van der Waals surface area (Å²) in [7, 11) is 0. The molecule has 1 unspecified atom stereocenters. The molecule has 5 nitrogen and oxygen atoms in total. The molecule has 2 bridgehead atoms. The molecule has 7 aromatic rings. The van der Waals surface area contributed by atoms with Crippen LogP contribution in [0.3, 0.4) is 0 Å². The molecule has 5 aromatic carbocycles. The lowest BCUT2D eigenvalue weighted by Crippen LogP contribution is -2.42. The van der Waals surface area contributed by atoms with Crippen LogP contribution in [0.4, 0.5) is 0 Å². The summed E-state index contributed by atoms with van der Waals surface area (Å²) in [5, 5.41) is 12.0. The molecule has 0 radical (unpaired) electrons. The van der Waals surface area contributed by atoms with Gasteiger partial charge in [0.05, 0.1) is 22.7 Å². The minimum atomic E-state index is 0.277. The number of nitriles is 1. The van der Waals surface area contributed by atoms with Crippen LogP contribution in [0.1, 0.15) is 57.1 Å². The Morgan fingerprint density at radius 3 is 1.94 bits per heavy atom. The van der Waals surface area contributed by atoms with Crippen molar-refractivity contribution >= 4 is 21.8 Å². The smallest absolute Gasteiger partial charge is 0.164 e.